The zero-order valence-electron chi connectivity index (χ0n) is 16.2. The van der Waals surface area contributed by atoms with Crippen LogP contribution in [-0.4, -0.2) is 60.4 Å². The third kappa shape index (κ3) is 4.66. The summed E-state index contributed by atoms with van der Waals surface area (Å²) >= 11 is 3.39. The Morgan fingerprint density at radius 3 is 2.31 bits per heavy atom. The lowest BCUT2D eigenvalue weighted by Gasteiger charge is -2.36. The molecular weight excluding hydrogens is 430 g/mol. The summed E-state index contributed by atoms with van der Waals surface area (Å²) in [6.45, 7) is 4.30. The van der Waals surface area contributed by atoms with E-state index in [-0.39, 0.29) is 24.3 Å². The lowest BCUT2D eigenvalue weighted by atomic mass is 10.1. The lowest BCUT2D eigenvalue weighted by Crippen LogP contribution is -2.52. The van der Waals surface area contributed by atoms with Gasteiger partial charge in [-0.3, -0.25) is 19.4 Å². The van der Waals surface area contributed by atoms with E-state index in [1.54, 1.807) is 12.1 Å². The van der Waals surface area contributed by atoms with Crippen molar-refractivity contribution >= 4 is 39.5 Å². The molecule has 0 spiro atoms. The highest BCUT2D eigenvalue weighted by Crippen LogP contribution is 2.27. The number of halogens is 1. The molecule has 2 aromatic carbocycles. The van der Waals surface area contributed by atoms with Crippen LogP contribution in [0.5, 0.6) is 0 Å². The van der Waals surface area contributed by atoms with E-state index >= 15 is 0 Å². The zero-order chi connectivity index (χ0) is 20.2. The third-order valence-corrected chi connectivity index (χ3v) is 6.06. The van der Waals surface area contributed by atoms with Crippen molar-refractivity contribution in [1.82, 2.24) is 9.80 Å². The number of amides is 2. The van der Waals surface area contributed by atoms with Crippen molar-refractivity contribution in [2.45, 2.75) is 12.5 Å². The van der Waals surface area contributed by atoms with Crippen molar-refractivity contribution in [2.75, 3.05) is 37.6 Å². The van der Waals surface area contributed by atoms with Crippen molar-refractivity contribution in [3.8, 4) is 0 Å². The van der Waals surface area contributed by atoms with Gasteiger partial charge in [-0.25, -0.2) is 4.90 Å². The van der Waals surface area contributed by atoms with E-state index in [9.17, 15) is 9.59 Å². The highest BCUT2D eigenvalue weighted by molar-refractivity contribution is 9.10. The van der Waals surface area contributed by atoms with Gasteiger partial charge < -0.3 is 0 Å². The van der Waals surface area contributed by atoms with Crippen LogP contribution in [0, 0.1) is 0 Å². The van der Waals surface area contributed by atoms with Crippen LogP contribution in [0.3, 0.4) is 0 Å². The lowest BCUT2D eigenvalue weighted by molar-refractivity contribution is -0.123. The number of anilines is 1. The summed E-state index contributed by atoms with van der Waals surface area (Å²) < 4.78 is 0.925. The molecular formula is C23H24BrN3O2. The smallest absolute Gasteiger partial charge is 0.251 e. The minimum Gasteiger partial charge on any atom is -0.297 e. The second kappa shape index (κ2) is 9.03. The minimum absolute atomic E-state index is 0.102. The van der Waals surface area contributed by atoms with Crippen LogP contribution in [0.1, 0.15) is 12.0 Å². The largest absolute Gasteiger partial charge is 0.297 e. The van der Waals surface area contributed by atoms with Crippen molar-refractivity contribution in [1.29, 1.82) is 0 Å². The SMILES string of the molecule is O=C1C[C@H](N2CCN(C/C=C/c3ccccc3)CC2)C(=O)N1c1ccc(Br)cc1. The summed E-state index contributed by atoms with van der Waals surface area (Å²) in [7, 11) is 0. The zero-order valence-corrected chi connectivity index (χ0v) is 17.8. The summed E-state index contributed by atoms with van der Waals surface area (Å²) in [6.07, 6.45) is 4.59. The third-order valence-electron chi connectivity index (χ3n) is 5.53. The number of carbonyl (C=O) groups is 2. The van der Waals surface area contributed by atoms with E-state index in [2.05, 4.69) is 50.0 Å². The van der Waals surface area contributed by atoms with Gasteiger partial charge in [0.2, 0.25) is 5.91 Å². The van der Waals surface area contributed by atoms with Crippen LogP contribution in [0.25, 0.3) is 6.08 Å². The Morgan fingerprint density at radius 2 is 1.62 bits per heavy atom. The molecule has 1 atom stereocenters. The molecule has 2 aliphatic rings. The fraction of sp³-hybridized carbons (Fsp3) is 0.304. The summed E-state index contributed by atoms with van der Waals surface area (Å²) in [4.78, 5) is 31.3. The first kappa shape index (κ1) is 20.0. The molecule has 0 N–H and O–H groups in total. The van der Waals surface area contributed by atoms with Gasteiger partial charge in [0.25, 0.3) is 5.91 Å². The van der Waals surface area contributed by atoms with Gasteiger partial charge in [-0.05, 0) is 29.8 Å². The Kier molecular flexibility index (Phi) is 6.23. The van der Waals surface area contributed by atoms with Gasteiger partial charge >= 0.3 is 0 Å². The number of hydrogen-bond acceptors (Lipinski definition) is 4. The van der Waals surface area contributed by atoms with Gasteiger partial charge in [0.05, 0.1) is 18.2 Å². The molecule has 0 saturated carbocycles. The first-order chi connectivity index (χ1) is 14.1. The number of piperazine rings is 1. The van der Waals surface area contributed by atoms with Crippen molar-refractivity contribution in [3.05, 3.63) is 70.7 Å². The van der Waals surface area contributed by atoms with Gasteiger partial charge in [-0.2, -0.15) is 0 Å². The average molecular weight is 454 g/mol. The molecule has 0 radical (unpaired) electrons. The maximum Gasteiger partial charge on any atom is 0.251 e. The summed E-state index contributed by atoms with van der Waals surface area (Å²) in [5.74, 6) is -0.217. The molecule has 2 amide bonds. The Morgan fingerprint density at radius 1 is 0.931 bits per heavy atom. The van der Waals surface area contributed by atoms with Crippen LogP contribution in [0.2, 0.25) is 0 Å². The number of hydrogen-bond donors (Lipinski definition) is 0. The van der Waals surface area contributed by atoms with Gasteiger partial charge in [0.15, 0.2) is 0 Å². The Hall–Kier alpha value is -2.28. The van der Waals surface area contributed by atoms with Crippen LogP contribution < -0.4 is 4.90 Å². The second-order valence-corrected chi connectivity index (χ2v) is 8.33. The quantitative estimate of drug-likeness (QED) is 0.650. The molecule has 2 aromatic rings. The molecule has 0 aromatic heterocycles. The highest BCUT2D eigenvalue weighted by atomic mass is 79.9. The molecule has 5 nitrogen and oxygen atoms in total. The van der Waals surface area contributed by atoms with Gasteiger partial charge in [-0.1, -0.05) is 58.4 Å². The summed E-state index contributed by atoms with van der Waals surface area (Å²) in [6, 6.07) is 17.3. The van der Waals surface area contributed by atoms with Gasteiger partial charge in [0, 0.05) is 37.2 Å². The van der Waals surface area contributed by atoms with E-state index < -0.39 is 0 Å². The van der Waals surface area contributed by atoms with E-state index in [1.807, 2.05) is 30.3 Å². The monoisotopic (exact) mass is 453 g/mol. The number of nitrogens with zero attached hydrogens (tertiary/aromatic N) is 3. The van der Waals surface area contributed by atoms with Crippen LogP contribution in [0.4, 0.5) is 5.69 Å². The fourth-order valence-corrected chi connectivity index (χ4v) is 4.19. The van der Waals surface area contributed by atoms with E-state index in [1.165, 1.54) is 10.5 Å². The van der Waals surface area contributed by atoms with Crippen LogP contribution >= 0.6 is 15.9 Å². The topological polar surface area (TPSA) is 43.9 Å². The molecule has 2 heterocycles. The molecule has 150 valence electrons. The summed E-state index contributed by atoms with van der Waals surface area (Å²) in [5, 5.41) is 0. The van der Waals surface area contributed by atoms with Crippen LogP contribution in [0.15, 0.2) is 65.1 Å². The van der Waals surface area contributed by atoms with Crippen molar-refractivity contribution < 1.29 is 9.59 Å². The maximum absolute atomic E-state index is 12.9. The predicted molar refractivity (Wildman–Crippen MR) is 119 cm³/mol. The average Bonchev–Trinajstić information content (AvgIpc) is 3.04. The van der Waals surface area contributed by atoms with Crippen molar-refractivity contribution in [3.63, 3.8) is 0 Å². The fourth-order valence-electron chi connectivity index (χ4n) is 3.92. The Bertz CT molecular complexity index is 890. The summed E-state index contributed by atoms with van der Waals surface area (Å²) in [5.41, 5.74) is 1.85. The molecule has 29 heavy (non-hydrogen) atoms. The second-order valence-electron chi connectivity index (χ2n) is 7.41. The predicted octanol–water partition coefficient (Wildman–Crippen LogP) is 3.41. The maximum atomic E-state index is 12.9. The number of benzene rings is 2. The Labute approximate surface area is 179 Å². The molecule has 0 bridgehead atoms. The number of rotatable bonds is 5. The van der Waals surface area contributed by atoms with E-state index in [0.29, 0.717) is 5.69 Å². The number of imide groups is 1. The molecule has 0 unspecified atom stereocenters. The Balaban J connectivity index is 1.31. The first-order valence-corrected chi connectivity index (χ1v) is 10.7. The van der Waals surface area contributed by atoms with E-state index in [0.717, 1.165) is 37.2 Å². The van der Waals surface area contributed by atoms with Crippen molar-refractivity contribution in [2.24, 2.45) is 0 Å². The number of carbonyl (C=O) groups excluding carboxylic acids is 2. The van der Waals surface area contributed by atoms with Crippen LogP contribution in [-0.2, 0) is 9.59 Å². The standard InChI is InChI=1S/C23H24BrN3O2/c24-19-8-10-20(11-9-19)27-22(28)17-21(23(27)29)26-15-13-25(14-16-26)12-4-7-18-5-2-1-3-6-18/h1-11,21H,12-17H2/b7-4+/t21-/m0/s1. The molecule has 6 heteroatoms. The van der Waals surface area contributed by atoms with Gasteiger partial charge in [0.1, 0.15) is 0 Å². The molecule has 0 aliphatic carbocycles. The highest BCUT2D eigenvalue weighted by Gasteiger charge is 2.43. The normalized spacial score (nSPS) is 21.4. The molecule has 2 aliphatic heterocycles. The molecule has 4 rings (SSSR count). The van der Waals surface area contributed by atoms with Gasteiger partial charge in [-0.15, -0.1) is 0 Å². The first-order valence-electron chi connectivity index (χ1n) is 9.92. The van der Waals surface area contributed by atoms with E-state index in [4.69, 9.17) is 0 Å². The minimum atomic E-state index is -0.340. The molecule has 2 fully saturated rings. The molecule has 2 saturated heterocycles.